The van der Waals surface area contributed by atoms with Gasteiger partial charge in [0.05, 0.1) is 12.2 Å². The van der Waals surface area contributed by atoms with Gasteiger partial charge in [-0.05, 0) is 41.7 Å². The van der Waals surface area contributed by atoms with Crippen LogP contribution in [0.4, 0.5) is 4.39 Å². The minimum absolute atomic E-state index is 0.0674. The number of phenolic OH excluding ortho intramolecular Hbond substituents is 1. The number of amides is 1. The van der Waals surface area contributed by atoms with Crippen LogP contribution >= 0.6 is 15.9 Å². The van der Waals surface area contributed by atoms with E-state index in [1.54, 1.807) is 44.2 Å². The summed E-state index contributed by atoms with van der Waals surface area (Å²) in [5.74, 6) is -2.07. The smallest absolute Gasteiger partial charge is 0.253 e. The van der Waals surface area contributed by atoms with Crippen LogP contribution in [0.15, 0.2) is 70.9 Å². The number of nitrogens with one attached hydrogen (secondary N) is 1. The van der Waals surface area contributed by atoms with Gasteiger partial charge in [0.25, 0.3) is 5.91 Å². The molecule has 35 heavy (non-hydrogen) atoms. The number of phenols is 1. The molecule has 4 rings (SSSR count). The molecule has 1 heterocycles. The fraction of sp³-hybridized carbons (Fsp3) is 0.333. The molecular weight excluding hydrogens is 517 g/mol. The second kappa shape index (κ2) is 9.59. The number of fused-ring (bicyclic) bond motifs is 1. The first-order chi connectivity index (χ1) is 16.5. The average molecular weight is 544 g/mol. The van der Waals surface area contributed by atoms with E-state index in [9.17, 15) is 24.2 Å². The number of halogens is 2. The van der Waals surface area contributed by atoms with Gasteiger partial charge in [-0.25, -0.2) is 4.39 Å². The fourth-order valence-electron chi connectivity index (χ4n) is 4.79. The molecule has 3 N–H and O–H groups in total. The third-order valence-corrected chi connectivity index (χ3v) is 7.36. The predicted octanol–water partition coefficient (Wildman–Crippen LogP) is 4.09. The van der Waals surface area contributed by atoms with Gasteiger partial charge >= 0.3 is 0 Å². The number of carbonyl (C=O) groups is 2. The van der Waals surface area contributed by atoms with Gasteiger partial charge in [-0.1, -0.05) is 60.1 Å². The van der Waals surface area contributed by atoms with Crippen LogP contribution in [-0.2, 0) is 26.2 Å². The van der Waals surface area contributed by atoms with E-state index in [-0.39, 0.29) is 36.5 Å². The molecule has 0 fully saturated rings. The number of hydrogen-bond acceptors (Lipinski definition) is 5. The Hall–Kier alpha value is -2.97. The van der Waals surface area contributed by atoms with Crippen molar-refractivity contribution in [3.8, 4) is 5.75 Å². The summed E-state index contributed by atoms with van der Waals surface area (Å²) in [6, 6.07) is 9.89. The third kappa shape index (κ3) is 5.18. The fourth-order valence-corrected chi connectivity index (χ4v) is 5.22. The second-order valence-electron chi connectivity index (χ2n) is 9.74. The Morgan fingerprint density at radius 1 is 1.26 bits per heavy atom. The highest BCUT2D eigenvalue weighted by Gasteiger charge is 2.45. The highest BCUT2D eigenvalue weighted by molar-refractivity contribution is 9.10. The molecule has 0 spiro atoms. The molecular formula is C27H27BrFNO5. The minimum atomic E-state index is -1.98. The van der Waals surface area contributed by atoms with Gasteiger partial charge in [0.15, 0.2) is 5.78 Å². The summed E-state index contributed by atoms with van der Waals surface area (Å²) >= 11 is 3.46. The van der Waals surface area contributed by atoms with Gasteiger partial charge in [-0.2, -0.15) is 0 Å². The molecule has 1 aliphatic carbocycles. The van der Waals surface area contributed by atoms with Crippen LogP contribution in [0.25, 0.3) is 0 Å². The van der Waals surface area contributed by atoms with Gasteiger partial charge in [0.1, 0.15) is 29.8 Å². The van der Waals surface area contributed by atoms with Crippen molar-refractivity contribution < 1.29 is 28.9 Å². The van der Waals surface area contributed by atoms with Crippen molar-refractivity contribution in [2.75, 3.05) is 6.61 Å². The van der Waals surface area contributed by atoms with Crippen molar-refractivity contribution in [1.29, 1.82) is 0 Å². The maximum atomic E-state index is 14.0. The van der Waals surface area contributed by atoms with Crippen LogP contribution in [0.5, 0.6) is 5.75 Å². The molecule has 0 saturated heterocycles. The molecule has 184 valence electrons. The summed E-state index contributed by atoms with van der Waals surface area (Å²) < 4.78 is 20.0. The van der Waals surface area contributed by atoms with Crippen molar-refractivity contribution in [3.05, 3.63) is 87.9 Å². The standard InChI is InChI=1S/C27H27BrFNO5/c1-26(2,20-11-18(29)8-10-23(20)31)15-27(34,12-16-5-3-4-6-21(16)28)25(33)30-22-9-7-17-13-35-14-19(17)24(22)32/h3-11,13,19,22,31,34H,12,14-15H2,1-2H3,(H,30,33). The molecule has 3 atom stereocenters. The SMILES string of the molecule is CC(C)(CC(O)(Cc1ccccc1Br)C(=O)NC1C=CC2=COCC2C1=O)c1cc(F)ccc1O. The number of carbonyl (C=O) groups excluding carboxylic acids is 2. The lowest BCUT2D eigenvalue weighted by molar-refractivity contribution is -0.144. The van der Waals surface area contributed by atoms with E-state index in [1.807, 2.05) is 6.07 Å². The normalized spacial score (nSPS) is 21.1. The molecule has 2 aromatic rings. The maximum Gasteiger partial charge on any atom is 0.253 e. The molecule has 2 aromatic carbocycles. The van der Waals surface area contributed by atoms with Crippen LogP contribution in [0.2, 0.25) is 0 Å². The first-order valence-corrected chi connectivity index (χ1v) is 12.1. The summed E-state index contributed by atoms with van der Waals surface area (Å²) in [5, 5.41) is 24.9. The largest absolute Gasteiger partial charge is 0.508 e. The number of ketones is 1. The lowest BCUT2D eigenvalue weighted by Gasteiger charge is -2.37. The quantitative estimate of drug-likeness (QED) is 0.488. The topological polar surface area (TPSA) is 95.9 Å². The van der Waals surface area contributed by atoms with Crippen LogP contribution in [0, 0.1) is 11.7 Å². The lowest BCUT2D eigenvalue weighted by atomic mass is 9.72. The molecule has 0 radical (unpaired) electrons. The Morgan fingerprint density at radius 2 is 2.00 bits per heavy atom. The summed E-state index contributed by atoms with van der Waals surface area (Å²) in [5.41, 5.74) is -1.28. The molecule has 8 heteroatoms. The molecule has 1 aliphatic heterocycles. The van der Waals surface area contributed by atoms with E-state index in [1.165, 1.54) is 18.4 Å². The van der Waals surface area contributed by atoms with Gasteiger partial charge in [0.2, 0.25) is 0 Å². The number of aromatic hydroxyl groups is 1. The monoisotopic (exact) mass is 543 g/mol. The zero-order chi connectivity index (χ0) is 25.4. The van der Waals surface area contributed by atoms with E-state index in [0.717, 1.165) is 11.6 Å². The van der Waals surface area contributed by atoms with E-state index >= 15 is 0 Å². The van der Waals surface area contributed by atoms with Crippen LogP contribution < -0.4 is 5.32 Å². The van der Waals surface area contributed by atoms with Crippen molar-refractivity contribution >= 4 is 27.6 Å². The summed E-state index contributed by atoms with van der Waals surface area (Å²) in [6.07, 6.45) is 4.65. The number of benzene rings is 2. The van der Waals surface area contributed by atoms with Gasteiger partial charge < -0.3 is 20.3 Å². The number of hydrogen-bond donors (Lipinski definition) is 3. The Balaban J connectivity index is 1.66. The van der Waals surface area contributed by atoms with Crippen molar-refractivity contribution in [2.45, 2.75) is 43.7 Å². The zero-order valence-electron chi connectivity index (χ0n) is 19.4. The van der Waals surface area contributed by atoms with Crippen LogP contribution in [-0.4, -0.2) is 40.2 Å². The molecule has 3 unspecified atom stereocenters. The summed E-state index contributed by atoms with van der Waals surface area (Å²) in [6.45, 7) is 3.66. The molecule has 0 aromatic heterocycles. The summed E-state index contributed by atoms with van der Waals surface area (Å²) in [4.78, 5) is 26.5. The molecule has 6 nitrogen and oxygen atoms in total. The second-order valence-corrected chi connectivity index (χ2v) is 10.6. The van der Waals surface area contributed by atoms with E-state index in [0.29, 0.717) is 10.0 Å². The lowest BCUT2D eigenvalue weighted by Crippen LogP contribution is -2.56. The van der Waals surface area contributed by atoms with Gasteiger partial charge in [-0.15, -0.1) is 0 Å². The van der Waals surface area contributed by atoms with Crippen molar-refractivity contribution in [2.24, 2.45) is 5.92 Å². The molecule has 1 amide bonds. The number of aliphatic hydroxyl groups is 1. The number of Topliss-reactive ketones (excluding diaryl/α,β-unsaturated/α-hetero) is 1. The van der Waals surface area contributed by atoms with Crippen molar-refractivity contribution in [1.82, 2.24) is 5.32 Å². The number of rotatable bonds is 7. The molecule has 0 bridgehead atoms. The Morgan fingerprint density at radius 3 is 2.74 bits per heavy atom. The number of ether oxygens (including phenoxy) is 1. The first kappa shape index (κ1) is 25.1. The first-order valence-electron chi connectivity index (χ1n) is 11.3. The van der Waals surface area contributed by atoms with Gasteiger partial charge in [-0.3, -0.25) is 9.59 Å². The van der Waals surface area contributed by atoms with Crippen molar-refractivity contribution in [3.63, 3.8) is 0 Å². The highest BCUT2D eigenvalue weighted by Crippen LogP contribution is 2.39. The van der Waals surface area contributed by atoms with E-state index < -0.39 is 34.7 Å². The Labute approximate surface area is 211 Å². The average Bonchev–Trinajstić information content (AvgIpc) is 3.28. The highest BCUT2D eigenvalue weighted by atomic mass is 79.9. The molecule has 0 saturated carbocycles. The minimum Gasteiger partial charge on any atom is -0.508 e. The van der Waals surface area contributed by atoms with E-state index in [4.69, 9.17) is 4.74 Å². The number of allylic oxidation sites excluding steroid dienone is 1. The van der Waals surface area contributed by atoms with Crippen LogP contribution in [0.3, 0.4) is 0 Å². The Kier molecular flexibility index (Phi) is 6.88. The van der Waals surface area contributed by atoms with Crippen LogP contribution in [0.1, 0.15) is 31.4 Å². The molecule has 2 aliphatic rings. The zero-order valence-corrected chi connectivity index (χ0v) is 21.0. The third-order valence-electron chi connectivity index (χ3n) is 6.59. The maximum absolute atomic E-state index is 14.0. The summed E-state index contributed by atoms with van der Waals surface area (Å²) in [7, 11) is 0. The Bertz CT molecular complexity index is 1220. The predicted molar refractivity (Wildman–Crippen MR) is 132 cm³/mol. The van der Waals surface area contributed by atoms with E-state index in [2.05, 4.69) is 21.2 Å². The van der Waals surface area contributed by atoms with Gasteiger partial charge in [0, 0.05) is 22.0 Å².